The molecule has 0 bridgehead atoms. The van der Waals surface area contributed by atoms with Crippen molar-refractivity contribution in [3.05, 3.63) is 53.1 Å². The van der Waals surface area contributed by atoms with Crippen molar-refractivity contribution in [2.75, 3.05) is 0 Å². The quantitative estimate of drug-likeness (QED) is 0.325. The molecule has 1 saturated carbocycles. The fourth-order valence-corrected chi connectivity index (χ4v) is 5.52. The molecule has 1 unspecified atom stereocenters. The first-order valence-electron chi connectivity index (χ1n) is 12.9. The van der Waals surface area contributed by atoms with Gasteiger partial charge in [-0.05, 0) is 80.3 Å². The molecule has 2 heteroatoms. The van der Waals surface area contributed by atoms with Crippen LogP contribution in [0.2, 0.25) is 0 Å². The average Bonchev–Trinajstić information content (AvgIpc) is 2.80. The summed E-state index contributed by atoms with van der Waals surface area (Å²) in [6.07, 6.45) is 23.9. The SMILES string of the molecule is CCC/C=C/CCC1CCC(CCC2CC=C(c3ccc(CC)c(F)c3F)CC2)CC1. The van der Waals surface area contributed by atoms with Gasteiger partial charge in [-0.15, -0.1) is 0 Å². The van der Waals surface area contributed by atoms with Crippen LogP contribution in [-0.4, -0.2) is 0 Å². The lowest BCUT2D eigenvalue weighted by molar-refractivity contribution is 0.239. The maximum atomic E-state index is 14.5. The van der Waals surface area contributed by atoms with Crippen molar-refractivity contribution < 1.29 is 8.78 Å². The summed E-state index contributed by atoms with van der Waals surface area (Å²) in [6, 6.07) is 3.53. The van der Waals surface area contributed by atoms with E-state index in [1.807, 2.05) is 6.92 Å². The van der Waals surface area contributed by atoms with Crippen LogP contribution in [0.4, 0.5) is 8.78 Å². The Morgan fingerprint density at radius 2 is 1.48 bits per heavy atom. The molecule has 1 aromatic rings. The Labute approximate surface area is 189 Å². The molecule has 172 valence electrons. The minimum absolute atomic E-state index is 0.471. The van der Waals surface area contributed by atoms with E-state index in [1.165, 1.54) is 64.2 Å². The molecule has 2 aliphatic carbocycles. The molecular weight excluding hydrogens is 386 g/mol. The average molecular weight is 429 g/mol. The molecular formula is C29H42F2. The Balaban J connectivity index is 1.38. The van der Waals surface area contributed by atoms with Crippen LogP contribution in [0, 0.1) is 29.4 Å². The summed E-state index contributed by atoms with van der Waals surface area (Å²) in [4.78, 5) is 0. The molecule has 0 aromatic heterocycles. The number of unbranched alkanes of at least 4 members (excludes halogenated alkanes) is 1. The Bertz CT molecular complexity index is 737. The maximum Gasteiger partial charge on any atom is 0.166 e. The van der Waals surface area contributed by atoms with E-state index >= 15 is 0 Å². The minimum atomic E-state index is -0.657. The van der Waals surface area contributed by atoms with Gasteiger partial charge in [-0.3, -0.25) is 0 Å². The molecule has 0 amide bonds. The predicted octanol–water partition coefficient (Wildman–Crippen LogP) is 9.43. The zero-order valence-electron chi connectivity index (χ0n) is 19.8. The normalized spacial score (nSPS) is 24.5. The van der Waals surface area contributed by atoms with E-state index < -0.39 is 11.6 Å². The van der Waals surface area contributed by atoms with E-state index in [9.17, 15) is 8.78 Å². The van der Waals surface area contributed by atoms with Gasteiger partial charge in [-0.1, -0.05) is 82.7 Å². The Morgan fingerprint density at radius 3 is 2.13 bits per heavy atom. The van der Waals surface area contributed by atoms with Crippen molar-refractivity contribution in [3.8, 4) is 0 Å². The van der Waals surface area contributed by atoms with Gasteiger partial charge < -0.3 is 0 Å². The Hall–Kier alpha value is -1.44. The van der Waals surface area contributed by atoms with Gasteiger partial charge in [-0.25, -0.2) is 8.78 Å². The molecule has 3 rings (SSSR count). The standard InChI is InChI=1S/C29H42F2/c1-3-5-6-7-8-9-22-10-12-23(13-11-22)14-15-24-16-18-26(19-17-24)27-21-20-25(4-2)28(30)29(27)31/h6-7,18,20-24H,3-5,8-17,19H2,1-2H3/b7-6+. The zero-order valence-corrected chi connectivity index (χ0v) is 19.8. The second-order valence-electron chi connectivity index (χ2n) is 9.93. The first kappa shape index (κ1) is 24.2. The first-order valence-corrected chi connectivity index (χ1v) is 12.9. The molecule has 0 radical (unpaired) electrons. The van der Waals surface area contributed by atoms with Gasteiger partial charge in [0.1, 0.15) is 0 Å². The minimum Gasteiger partial charge on any atom is -0.203 e. The van der Waals surface area contributed by atoms with E-state index in [-0.39, 0.29) is 0 Å². The van der Waals surface area contributed by atoms with Crippen molar-refractivity contribution in [3.63, 3.8) is 0 Å². The number of rotatable bonds is 10. The van der Waals surface area contributed by atoms with Crippen LogP contribution in [0.15, 0.2) is 30.4 Å². The monoisotopic (exact) mass is 428 g/mol. The van der Waals surface area contributed by atoms with Crippen LogP contribution in [0.25, 0.3) is 5.57 Å². The third-order valence-electron chi connectivity index (χ3n) is 7.72. The molecule has 0 spiro atoms. The highest BCUT2D eigenvalue weighted by atomic mass is 19.2. The fraction of sp³-hybridized carbons (Fsp3) is 0.655. The van der Waals surface area contributed by atoms with Crippen LogP contribution in [-0.2, 0) is 6.42 Å². The Kier molecular flexibility index (Phi) is 9.81. The van der Waals surface area contributed by atoms with Gasteiger partial charge >= 0.3 is 0 Å². The van der Waals surface area contributed by atoms with Crippen molar-refractivity contribution in [1.29, 1.82) is 0 Å². The highest BCUT2D eigenvalue weighted by Crippen LogP contribution is 2.38. The second-order valence-corrected chi connectivity index (χ2v) is 9.93. The highest BCUT2D eigenvalue weighted by molar-refractivity contribution is 5.67. The summed E-state index contributed by atoms with van der Waals surface area (Å²) < 4.78 is 28.6. The molecule has 0 saturated heterocycles. The number of hydrogen-bond acceptors (Lipinski definition) is 0. The van der Waals surface area contributed by atoms with Crippen LogP contribution >= 0.6 is 0 Å². The largest absolute Gasteiger partial charge is 0.203 e. The van der Waals surface area contributed by atoms with Gasteiger partial charge in [0.2, 0.25) is 0 Å². The van der Waals surface area contributed by atoms with Gasteiger partial charge in [0, 0.05) is 5.56 Å². The van der Waals surface area contributed by atoms with E-state index in [1.54, 1.807) is 12.1 Å². The van der Waals surface area contributed by atoms with Crippen LogP contribution in [0.5, 0.6) is 0 Å². The molecule has 31 heavy (non-hydrogen) atoms. The van der Waals surface area contributed by atoms with Crippen molar-refractivity contribution in [2.45, 2.75) is 104 Å². The summed E-state index contributed by atoms with van der Waals surface area (Å²) in [5, 5.41) is 0. The second kappa shape index (κ2) is 12.6. The maximum absolute atomic E-state index is 14.5. The van der Waals surface area contributed by atoms with E-state index in [4.69, 9.17) is 0 Å². The van der Waals surface area contributed by atoms with E-state index in [2.05, 4.69) is 25.2 Å². The lowest BCUT2D eigenvalue weighted by Gasteiger charge is -2.30. The lowest BCUT2D eigenvalue weighted by Crippen LogP contribution is -2.16. The predicted molar refractivity (Wildman–Crippen MR) is 129 cm³/mol. The van der Waals surface area contributed by atoms with Crippen molar-refractivity contribution in [2.24, 2.45) is 17.8 Å². The van der Waals surface area contributed by atoms with Crippen molar-refractivity contribution >= 4 is 5.57 Å². The molecule has 0 heterocycles. The van der Waals surface area contributed by atoms with Gasteiger partial charge in [0.25, 0.3) is 0 Å². The zero-order chi connectivity index (χ0) is 22.1. The van der Waals surface area contributed by atoms with E-state index in [0.29, 0.717) is 23.5 Å². The third kappa shape index (κ3) is 7.02. The third-order valence-corrected chi connectivity index (χ3v) is 7.72. The number of benzene rings is 1. The molecule has 2 aliphatic rings. The number of halogens is 2. The summed E-state index contributed by atoms with van der Waals surface area (Å²) in [5.74, 6) is 1.26. The highest BCUT2D eigenvalue weighted by Gasteiger charge is 2.24. The molecule has 1 fully saturated rings. The summed E-state index contributed by atoms with van der Waals surface area (Å²) in [7, 11) is 0. The van der Waals surface area contributed by atoms with E-state index in [0.717, 1.165) is 36.7 Å². The van der Waals surface area contributed by atoms with Crippen LogP contribution < -0.4 is 0 Å². The Morgan fingerprint density at radius 1 is 0.806 bits per heavy atom. The molecule has 0 nitrogen and oxygen atoms in total. The van der Waals surface area contributed by atoms with Gasteiger partial charge in [-0.2, -0.15) is 0 Å². The first-order chi connectivity index (χ1) is 15.1. The lowest BCUT2D eigenvalue weighted by atomic mass is 9.76. The smallest absolute Gasteiger partial charge is 0.166 e. The molecule has 0 N–H and O–H groups in total. The summed E-state index contributed by atoms with van der Waals surface area (Å²) in [6.45, 7) is 4.10. The topological polar surface area (TPSA) is 0 Å². The molecule has 0 aliphatic heterocycles. The fourth-order valence-electron chi connectivity index (χ4n) is 5.52. The number of hydrogen-bond donors (Lipinski definition) is 0. The van der Waals surface area contributed by atoms with Gasteiger partial charge in [0.15, 0.2) is 11.6 Å². The molecule has 1 aromatic carbocycles. The van der Waals surface area contributed by atoms with Crippen molar-refractivity contribution in [1.82, 2.24) is 0 Å². The number of allylic oxidation sites excluding steroid dienone is 4. The summed E-state index contributed by atoms with van der Waals surface area (Å²) >= 11 is 0. The van der Waals surface area contributed by atoms with Gasteiger partial charge in [0.05, 0.1) is 0 Å². The molecule has 1 atom stereocenters. The van der Waals surface area contributed by atoms with Crippen LogP contribution in [0.1, 0.15) is 108 Å². The van der Waals surface area contributed by atoms with Crippen LogP contribution in [0.3, 0.4) is 0 Å². The number of aryl methyl sites for hydroxylation is 1. The summed E-state index contributed by atoms with van der Waals surface area (Å²) in [5.41, 5.74) is 1.96.